The van der Waals surface area contributed by atoms with E-state index in [2.05, 4.69) is 15.0 Å². The van der Waals surface area contributed by atoms with Crippen LogP contribution < -0.4 is 0 Å². The van der Waals surface area contributed by atoms with E-state index in [0.717, 1.165) is 18.5 Å². The molecule has 0 spiro atoms. The van der Waals surface area contributed by atoms with E-state index in [1.807, 2.05) is 6.92 Å². The third-order valence-electron chi connectivity index (χ3n) is 3.83. The molecule has 1 fully saturated rings. The third kappa shape index (κ3) is 2.74. The number of rotatable bonds is 4. The van der Waals surface area contributed by atoms with Crippen molar-refractivity contribution in [3.8, 4) is 10.8 Å². The van der Waals surface area contributed by atoms with Gasteiger partial charge in [0, 0.05) is 18.9 Å². The largest absolute Gasteiger partial charge is 0.394 e. The van der Waals surface area contributed by atoms with E-state index in [0.29, 0.717) is 28.7 Å². The van der Waals surface area contributed by atoms with Crippen molar-refractivity contribution in [2.24, 2.45) is 0 Å². The monoisotopic (exact) mass is 318 g/mol. The Morgan fingerprint density at radius 3 is 2.91 bits per heavy atom. The van der Waals surface area contributed by atoms with E-state index < -0.39 is 0 Å². The van der Waals surface area contributed by atoms with Crippen molar-refractivity contribution < 1.29 is 9.90 Å². The zero-order valence-corrected chi connectivity index (χ0v) is 13.2. The highest BCUT2D eigenvalue weighted by Crippen LogP contribution is 2.29. The van der Waals surface area contributed by atoms with E-state index in [-0.39, 0.29) is 18.6 Å². The summed E-state index contributed by atoms with van der Waals surface area (Å²) in [5, 5.41) is 10.1. The van der Waals surface area contributed by atoms with Crippen LogP contribution in [0.2, 0.25) is 0 Å². The number of aromatic nitrogens is 3. The Hall–Kier alpha value is -1.86. The molecule has 3 rings (SSSR count). The molecule has 1 N–H and O–H groups in total. The first-order valence-corrected chi connectivity index (χ1v) is 8.25. The van der Waals surface area contributed by atoms with Crippen molar-refractivity contribution >= 4 is 17.2 Å². The molecule has 7 heteroatoms. The van der Waals surface area contributed by atoms with E-state index in [9.17, 15) is 9.90 Å². The molecule has 22 heavy (non-hydrogen) atoms. The van der Waals surface area contributed by atoms with E-state index >= 15 is 0 Å². The van der Waals surface area contributed by atoms with Gasteiger partial charge in [0.2, 0.25) is 0 Å². The molecule has 2 aromatic rings. The van der Waals surface area contributed by atoms with Crippen LogP contribution in [0, 0.1) is 0 Å². The second-order valence-electron chi connectivity index (χ2n) is 5.20. The first-order valence-electron chi connectivity index (χ1n) is 7.43. The Morgan fingerprint density at radius 2 is 2.23 bits per heavy atom. The normalized spacial score (nSPS) is 17.9. The lowest BCUT2D eigenvalue weighted by Crippen LogP contribution is -2.37. The first-order chi connectivity index (χ1) is 10.7. The van der Waals surface area contributed by atoms with Gasteiger partial charge in [0.1, 0.15) is 4.88 Å². The summed E-state index contributed by atoms with van der Waals surface area (Å²) in [7, 11) is 0. The fraction of sp³-hybridized carbons (Fsp3) is 0.467. The van der Waals surface area contributed by atoms with Crippen LogP contribution in [0.3, 0.4) is 0 Å². The minimum atomic E-state index is -0.0734. The van der Waals surface area contributed by atoms with Crippen LogP contribution in [-0.2, 0) is 6.42 Å². The Kier molecular flexibility index (Phi) is 4.44. The molecular weight excluding hydrogens is 300 g/mol. The second-order valence-corrected chi connectivity index (χ2v) is 6.20. The lowest BCUT2D eigenvalue weighted by atomic mass is 10.2. The Bertz CT molecular complexity index is 659. The number of hydrogen-bond donors (Lipinski definition) is 1. The number of aryl methyl sites for hydroxylation is 1. The zero-order chi connectivity index (χ0) is 15.5. The van der Waals surface area contributed by atoms with Crippen LogP contribution >= 0.6 is 11.3 Å². The van der Waals surface area contributed by atoms with Crippen molar-refractivity contribution in [3.63, 3.8) is 0 Å². The summed E-state index contributed by atoms with van der Waals surface area (Å²) in [5.74, 6) is 0.509. The number of nitrogens with zero attached hydrogens (tertiary/aromatic N) is 4. The predicted molar refractivity (Wildman–Crippen MR) is 83.7 cm³/mol. The summed E-state index contributed by atoms with van der Waals surface area (Å²) in [6.07, 6.45) is 5.81. The molecule has 116 valence electrons. The first kappa shape index (κ1) is 15.1. The number of carbonyl (C=O) groups excluding carboxylic acids is 1. The lowest BCUT2D eigenvalue weighted by molar-refractivity contribution is 0.0681. The van der Waals surface area contributed by atoms with Crippen molar-refractivity contribution in [2.45, 2.75) is 32.2 Å². The molecule has 0 saturated carbocycles. The lowest BCUT2D eigenvalue weighted by Gasteiger charge is -2.22. The van der Waals surface area contributed by atoms with Gasteiger partial charge in [-0.2, -0.15) is 0 Å². The average molecular weight is 318 g/mol. The molecule has 1 saturated heterocycles. The van der Waals surface area contributed by atoms with Crippen molar-refractivity contribution in [3.05, 3.63) is 29.0 Å². The summed E-state index contributed by atoms with van der Waals surface area (Å²) >= 11 is 1.34. The molecule has 3 heterocycles. The van der Waals surface area contributed by atoms with Crippen LogP contribution in [0.5, 0.6) is 0 Å². The third-order valence-corrected chi connectivity index (χ3v) is 4.91. The summed E-state index contributed by atoms with van der Waals surface area (Å²) in [6, 6.07) is 1.68. The van der Waals surface area contributed by atoms with Crippen LogP contribution in [-0.4, -0.2) is 50.1 Å². The molecule has 6 nitrogen and oxygen atoms in total. The van der Waals surface area contributed by atoms with Gasteiger partial charge in [-0.15, -0.1) is 11.3 Å². The van der Waals surface area contributed by atoms with Crippen molar-refractivity contribution in [1.82, 2.24) is 19.9 Å². The molecule has 1 aliphatic heterocycles. The molecule has 1 atom stereocenters. The van der Waals surface area contributed by atoms with Crippen LogP contribution in [0.1, 0.15) is 35.1 Å². The topological polar surface area (TPSA) is 79.2 Å². The highest BCUT2D eigenvalue weighted by atomic mass is 32.1. The van der Waals surface area contributed by atoms with E-state index in [4.69, 9.17) is 0 Å². The van der Waals surface area contributed by atoms with Crippen molar-refractivity contribution in [1.29, 1.82) is 0 Å². The standard InChI is InChI=1S/C15H18N4O2S/c1-2-11-12(15(21)19-8-3-5-10(19)9-20)22-14(18-11)13-16-6-4-7-17-13/h4,6-7,10,20H,2-3,5,8-9H2,1H3/t10-/m1/s1. The molecule has 0 aromatic carbocycles. The summed E-state index contributed by atoms with van der Waals surface area (Å²) in [6.45, 7) is 2.69. The molecule has 0 unspecified atom stereocenters. The van der Waals surface area contributed by atoms with Crippen LogP contribution in [0.4, 0.5) is 0 Å². The smallest absolute Gasteiger partial charge is 0.266 e. The van der Waals surface area contributed by atoms with Gasteiger partial charge in [-0.05, 0) is 25.3 Å². The Balaban J connectivity index is 1.93. The molecular formula is C15H18N4O2S. The van der Waals surface area contributed by atoms with Gasteiger partial charge < -0.3 is 10.0 Å². The quantitative estimate of drug-likeness (QED) is 0.929. The van der Waals surface area contributed by atoms with Gasteiger partial charge in [-0.1, -0.05) is 6.92 Å². The number of amides is 1. The minimum absolute atomic E-state index is 0.0145. The highest BCUT2D eigenvalue weighted by Gasteiger charge is 2.31. The zero-order valence-electron chi connectivity index (χ0n) is 12.4. The number of thiazole rings is 1. The number of hydrogen-bond acceptors (Lipinski definition) is 6. The molecule has 2 aromatic heterocycles. The van der Waals surface area contributed by atoms with Gasteiger partial charge in [0.05, 0.1) is 18.3 Å². The molecule has 1 aliphatic rings. The van der Waals surface area contributed by atoms with Gasteiger partial charge >= 0.3 is 0 Å². The second kappa shape index (κ2) is 6.50. The van der Waals surface area contributed by atoms with Gasteiger partial charge in [0.15, 0.2) is 10.8 Å². The van der Waals surface area contributed by atoms with E-state index in [1.165, 1.54) is 11.3 Å². The fourth-order valence-corrected chi connectivity index (χ4v) is 3.75. The number of aliphatic hydroxyl groups is 1. The molecule has 0 bridgehead atoms. The maximum atomic E-state index is 12.8. The predicted octanol–water partition coefficient (Wildman–Crippen LogP) is 1.76. The Morgan fingerprint density at radius 1 is 1.45 bits per heavy atom. The SMILES string of the molecule is CCc1nc(-c2ncccn2)sc1C(=O)N1CCC[C@@H]1CO. The van der Waals surface area contributed by atoms with E-state index in [1.54, 1.807) is 23.4 Å². The summed E-state index contributed by atoms with van der Waals surface area (Å²) < 4.78 is 0. The number of aliphatic hydroxyl groups excluding tert-OH is 1. The molecule has 0 radical (unpaired) electrons. The maximum absolute atomic E-state index is 12.8. The van der Waals surface area contributed by atoms with Gasteiger partial charge in [-0.3, -0.25) is 4.79 Å². The molecule has 0 aliphatic carbocycles. The fourth-order valence-electron chi connectivity index (χ4n) is 2.69. The van der Waals surface area contributed by atoms with Crippen LogP contribution in [0.25, 0.3) is 10.8 Å². The van der Waals surface area contributed by atoms with Crippen molar-refractivity contribution in [2.75, 3.05) is 13.2 Å². The minimum Gasteiger partial charge on any atom is -0.394 e. The maximum Gasteiger partial charge on any atom is 0.266 e. The summed E-state index contributed by atoms with van der Waals surface area (Å²) in [4.78, 5) is 28.1. The molecule has 1 amide bonds. The number of likely N-dealkylation sites (tertiary alicyclic amines) is 1. The van der Waals surface area contributed by atoms with Crippen LogP contribution in [0.15, 0.2) is 18.5 Å². The Labute approximate surface area is 132 Å². The van der Waals surface area contributed by atoms with Gasteiger partial charge in [-0.25, -0.2) is 15.0 Å². The number of carbonyl (C=O) groups is 1. The average Bonchev–Trinajstić information content (AvgIpc) is 3.21. The van der Waals surface area contributed by atoms with Gasteiger partial charge in [0.25, 0.3) is 5.91 Å². The highest BCUT2D eigenvalue weighted by molar-refractivity contribution is 7.17. The summed E-state index contributed by atoms with van der Waals surface area (Å²) in [5.41, 5.74) is 0.779.